The molecular weight excluding hydrogens is 568 g/mol. The Bertz CT molecular complexity index is 1690. The number of benzene rings is 3. The lowest BCUT2D eigenvalue weighted by Crippen LogP contribution is -2.56. The largest absolute Gasteiger partial charge is 0.461 e. The molecule has 10 nitrogen and oxygen atoms in total. The average molecular weight is 611 g/mol. The van der Waals surface area contributed by atoms with E-state index in [1.807, 2.05) is 89.1 Å². The SMILES string of the molecule is CN(C)CCOC(=O)c1cccc(CN2CN(c3ccccc3)C3(CCN(CCCn4c(=O)[nH]c5ccccc54)CC3)C2=O)c1. The van der Waals surface area contributed by atoms with Crippen molar-refractivity contribution in [3.8, 4) is 0 Å². The number of rotatable bonds is 11. The smallest absolute Gasteiger partial charge is 0.338 e. The van der Waals surface area contributed by atoms with Crippen molar-refractivity contribution in [3.63, 3.8) is 0 Å². The van der Waals surface area contributed by atoms with E-state index >= 15 is 0 Å². The average Bonchev–Trinajstić information content (AvgIpc) is 3.51. The molecule has 2 aliphatic rings. The van der Waals surface area contributed by atoms with Gasteiger partial charge in [-0.3, -0.25) is 9.36 Å². The Morgan fingerprint density at radius 3 is 2.47 bits per heavy atom. The number of anilines is 1. The lowest BCUT2D eigenvalue weighted by atomic mass is 9.85. The molecule has 0 aliphatic carbocycles. The first-order chi connectivity index (χ1) is 21.8. The van der Waals surface area contributed by atoms with E-state index in [-0.39, 0.29) is 17.6 Å². The van der Waals surface area contributed by atoms with Crippen LogP contribution in [0.3, 0.4) is 0 Å². The van der Waals surface area contributed by atoms with Crippen molar-refractivity contribution in [2.24, 2.45) is 0 Å². The summed E-state index contributed by atoms with van der Waals surface area (Å²) in [6.07, 6.45) is 2.30. The Hall–Kier alpha value is -4.41. The van der Waals surface area contributed by atoms with E-state index in [2.05, 4.69) is 26.9 Å². The van der Waals surface area contributed by atoms with Gasteiger partial charge in [0.1, 0.15) is 12.1 Å². The zero-order valence-electron chi connectivity index (χ0n) is 26.2. The van der Waals surface area contributed by atoms with Gasteiger partial charge >= 0.3 is 11.7 Å². The normalized spacial score (nSPS) is 16.7. The molecule has 1 amide bonds. The molecule has 1 N–H and O–H groups in total. The van der Waals surface area contributed by atoms with Crippen molar-refractivity contribution in [2.75, 3.05) is 58.4 Å². The Morgan fingerprint density at radius 1 is 0.933 bits per heavy atom. The van der Waals surface area contributed by atoms with E-state index < -0.39 is 5.54 Å². The van der Waals surface area contributed by atoms with Gasteiger partial charge in [0.25, 0.3) is 0 Å². The molecule has 3 aromatic carbocycles. The zero-order valence-corrected chi connectivity index (χ0v) is 26.2. The number of aromatic nitrogens is 2. The van der Waals surface area contributed by atoms with E-state index in [1.165, 1.54) is 0 Å². The fraction of sp³-hybridized carbons (Fsp3) is 0.400. The van der Waals surface area contributed by atoms with Crippen LogP contribution in [0, 0.1) is 0 Å². The maximum Gasteiger partial charge on any atom is 0.338 e. The number of nitrogens with zero attached hydrogens (tertiary/aromatic N) is 5. The number of hydrogen-bond acceptors (Lipinski definition) is 7. The van der Waals surface area contributed by atoms with Crippen LogP contribution in [0.25, 0.3) is 11.0 Å². The summed E-state index contributed by atoms with van der Waals surface area (Å²) >= 11 is 0. The number of para-hydroxylation sites is 3. The van der Waals surface area contributed by atoms with Gasteiger partial charge in [0, 0.05) is 38.4 Å². The number of hydrogen-bond donors (Lipinski definition) is 1. The molecule has 0 atom stereocenters. The molecule has 0 bridgehead atoms. The number of piperidine rings is 1. The number of ether oxygens (including phenoxy) is 1. The highest BCUT2D eigenvalue weighted by Crippen LogP contribution is 2.40. The van der Waals surface area contributed by atoms with E-state index in [4.69, 9.17) is 4.74 Å². The number of carbonyl (C=O) groups is 2. The fourth-order valence-electron chi connectivity index (χ4n) is 6.67. The van der Waals surface area contributed by atoms with Crippen LogP contribution in [-0.2, 0) is 22.6 Å². The van der Waals surface area contributed by atoms with Crippen molar-refractivity contribution >= 4 is 28.6 Å². The molecule has 45 heavy (non-hydrogen) atoms. The second-order valence-corrected chi connectivity index (χ2v) is 12.4. The summed E-state index contributed by atoms with van der Waals surface area (Å²) < 4.78 is 7.26. The molecule has 2 fully saturated rings. The summed E-state index contributed by atoms with van der Waals surface area (Å²) in [4.78, 5) is 50.9. The van der Waals surface area contributed by atoms with Crippen molar-refractivity contribution in [1.82, 2.24) is 24.3 Å². The molecule has 2 aliphatic heterocycles. The Kier molecular flexibility index (Phi) is 9.04. The summed E-state index contributed by atoms with van der Waals surface area (Å²) in [5, 5.41) is 0. The number of esters is 1. The van der Waals surface area contributed by atoms with Crippen LogP contribution in [0.1, 0.15) is 35.2 Å². The predicted molar refractivity (Wildman–Crippen MR) is 175 cm³/mol. The lowest BCUT2D eigenvalue weighted by molar-refractivity contribution is -0.134. The molecular formula is C35H42N6O4. The first-order valence-corrected chi connectivity index (χ1v) is 15.8. The zero-order chi connectivity index (χ0) is 31.4. The summed E-state index contributed by atoms with van der Waals surface area (Å²) in [6.45, 7) is 5.02. The number of aryl methyl sites for hydroxylation is 1. The number of aromatic amines is 1. The van der Waals surface area contributed by atoms with Gasteiger partial charge in [-0.05, 0) is 81.9 Å². The quantitative estimate of drug-likeness (QED) is 0.259. The van der Waals surface area contributed by atoms with Gasteiger partial charge in [-0.25, -0.2) is 9.59 Å². The highest BCUT2D eigenvalue weighted by Gasteiger charge is 2.53. The molecule has 10 heteroatoms. The molecule has 236 valence electrons. The highest BCUT2D eigenvalue weighted by molar-refractivity contribution is 5.94. The van der Waals surface area contributed by atoms with Crippen LogP contribution in [0.4, 0.5) is 5.69 Å². The number of likely N-dealkylation sites (tertiary alicyclic amines) is 1. The summed E-state index contributed by atoms with van der Waals surface area (Å²) in [5.41, 5.74) is 3.54. The number of H-pyrrole nitrogens is 1. The second-order valence-electron chi connectivity index (χ2n) is 12.4. The Labute approximate surface area is 263 Å². The maximum atomic E-state index is 14.3. The third-order valence-corrected chi connectivity index (χ3v) is 9.11. The molecule has 6 rings (SSSR count). The van der Waals surface area contributed by atoms with Gasteiger partial charge in [-0.2, -0.15) is 0 Å². The number of amides is 1. The first kappa shape index (κ1) is 30.6. The minimum absolute atomic E-state index is 0.0734. The van der Waals surface area contributed by atoms with Crippen molar-refractivity contribution < 1.29 is 14.3 Å². The molecule has 4 aromatic rings. The van der Waals surface area contributed by atoms with Crippen LogP contribution in [0.2, 0.25) is 0 Å². The minimum atomic E-state index is -0.617. The van der Waals surface area contributed by atoms with Crippen molar-refractivity contribution in [2.45, 2.75) is 37.9 Å². The number of carbonyl (C=O) groups excluding carboxylic acids is 2. The second kappa shape index (κ2) is 13.3. The lowest BCUT2D eigenvalue weighted by Gasteiger charge is -2.43. The molecule has 1 aromatic heterocycles. The van der Waals surface area contributed by atoms with Crippen LogP contribution < -0.4 is 10.6 Å². The van der Waals surface area contributed by atoms with Crippen LogP contribution >= 0.6 is 0 Å². The predicted octanol–water partition coefficient (Wildman–Crippen LogP) is 3.78. The third kappa shape index (κ3) is 6.53. The molecule has 3 heterocycles. The molecule has 0 radical (unpaired) electrons. The van der Waals surface area contributed by atoms with Gasteiger partial charge in [0.2, 0.25) is 5.91 Å². The van der Waals surface area contributed by atoms with Crippen molar-refractivity contribution in [1.29, 1.82) is 0 Å². The van der Waals surface area contributed by atoms with Gasteiger partial charge < -0.3 is 29.3 Å². The van der Waals surface area contributed by atoms with Crippen LogP contribution in [0.5, 0.6) is 0 Å². The Morgan fingerprint density at radius 2 is 1.69 bits per heavy atom. The van der Waals surface area contributed by atoms with Gasteiger partial charge in [-0.1, -0.05) is 42.5 Å². The number of imidazole rings is 1. The molecule has 0 saturated carbocycles. The third-order valence-electron chi connectivity index (χ3n) is 9.11. The Balaban J connectivity index is 1.12. The monoisotopic (exact) mass is 610 g/mol. The maximum absolute atomic E-state index is 14.3. The number of fused-ring (bicyclic) bond motifs is 1. The standard InChI is InChI=1S/C35H42N6O4/c1-37(2)22-23-45-32(42)28-11-8-10-27(24-28)25-39-26-41(29-12-4-3-5-13-29)35(33(39)43)16-20-38(21-17-35)18-9-19-40-31-15-7-6-14-30(31)36-34(40)44/h3-8,10-15,24H,9,16-23,25-26H2,1-2H3,(H,36,44). The fourth-order valence-corrected chi connectivity index (χ4v) is 6.67. The minimum Gasteiger partial charge on any atom is -0.461 e. The van der Waals surface area contributed by atoms with Gasteiger partial charge in [-0.15, -0.1) is 0 Å². The van der Waals surface area contributed by atoms with E-state index in [9.17, 15) is 14.4 Å². The molecule has 2 saturated heterocycles. The number of nitrogens with one attached hydrogen (secondary N) is 1. The molecule has 0 unspecified atom stereocenters. The topological polar surface area (TPSA) is 94.1 Å². The number of likely N-dealkylation sites (N-methyl/N-ethyl adjacent to an activating group) is 1. The summed E-state index contributed by atoms with van der Waals surface area (Å²) in [5.74, 6) is -0.217. The van der Waals surface area contributed by atoms with Crippen molar-refractivity contribution in [3.05, 3.63) is 100 Å². The summed E-state index contributed by atoms with van der Waals surface area (Å²) in [6, 6.07) is 25.4. The van der Waals surface area contributed by atoms with E-state index in [0.717, 1.165) is 61.2 Å². The van der Waals surface area contributed by atoms with Gasteiger partial charge in [0.05, 0.1) is 23.3 Å². The van der Waals surface area contributed by atoms with E-state index in [1.54, 1.807) is 6.07 Å². The van der Waals surface area contributed by atoms with Gasteiger partial charge in [0.15, 0.2) is 0 Å². The van der Waals surface area contributed by atoms with Crippen LogP contribution in [0.15, 0.2) is 83.7 Å². The van der Waals surface area contributed by atoms with E-state index in [0.29, 0.717) is 38.5 Å². The summed E-state index contributed by atoms with van der Waals surface area (Å²) in [7, 11) is 3.87. The highest BCUT2D eigenvalue weighted by atomic mass is 16.5. The molecule has 1 spiro atoms. The van der Waals surface area contributed by atoms with Crippen LogP contribution in [-0.4, -0.2) is 95.2 Å². The first-order valence-electron chi connectivity index (χ1n) is 15.8.